The van der Waals surface area contributed by atoms with Crippen molar-refractivity contribution >= 4 is 5.91 Å². The molecule has 1 N–H and O–H groups in total. The monoisotopic (exact) mass is 311 g/mol. The van der Waals surface area contributed by atoms with E-state index in [2.05, 4.69) is 37.5 Å². The maximum atomic E-state index is 12.8. The van der Waals surface area contributed by atoms with E-state index in [1.165, 1.54) is 0 Å². The Morgan fingerprint density at radius 2 is 1.86 bits per heavy atom. The van der Waals surface area contributed by atoms with Gasteiger partial charge in [0.05, 0.1) is 18.6 Å². The summed E-state index contributed by atoms with van der Waals surface area (Å²) in [5.74, 6) is 1.04. The van der Waals surface area contributed by atoms with Crippen LogP contribution >= 0.6 is 0 Å². The number of rotatable bonds is 5. The highest BCUT2D eigenvalue weighted by molar-refractivity contribution is 5.79. The molecule has 0 saturated carbocycles. The molecule has 2 atom stereocenters. The Hall–Kier alpha value is -0.650. The summed E-state index contributed by atoms with van der Waals surface area (Å²) in [7, 11) is 0. The number of likely N-dealkylation sites (tertiary alicyclic amines) is 1. The van der Waals surface area contributed by atoms with Crippen molar-refractivity contribution in [2.75, 3.05) is 45.9 Å². The highest BCUT2D eigenvalue weighted by atomic mass is 16.3. The van der Waals surface area contributed by atoms with Gasteiger partial charge in [-0.15, -0.1) is 0 Å². The summed E-state index contributed by atoms with van der Waals surface area (Å²) in [5.41, 5.74) is 0. The lowest BCUT2D eigenvalue weighted by atomic mass is 10.0. The first-order valence-corrected chi connectivity index (χ1v) is 8.80. The van der Waals surface area contributed by atoms with Crippen LogP contribution in [0.3, 0.4) is 0 Å². The van der Waals surface area contributed by atoms with Crippen molar-refractivity contribution in [3.05, 3.63) is 0 Å². The molecular formula is C17H33N3O2. The minimum atomic E-state index is 0.0997. The number of hydrogen-bond acceptors (Lipinski definition) is 4. The van der Waals surface area contributed by atoms with Crippen LogP contribution in [0.5, 0.6) is 0 Å². The molecule has 2 aliphatic heterocycles. The summed E-state index contributed by atoms with van der Waals surface area (Å²) in [6, 6.07) is 0.619. The van der Waals surface area contributed by atoms with Gasteiger partial charge in [0.1, 0.15) is 0 Å². The third-order valence-corrected chi connectivity index (χ3v) is 5.03. The van der Waals surface area contributed by atoms with Gasteiger partial charge in [-0.3, -0.25) is 9.69 Å². The molecule has 0 aliphatic carbocycles. The van der Waals surface area contributed by atoms with Crippen LogP contribution in [0, 0.1) is 11.8 Å². The molecule has 0 unspecified atom stereocenters. The average Bonchev–Trinajstić information content (AvgIpc) is 2.96. The zero-order chi connectivity index (χ0) is 16.3. The Balaban J connectivity index is 1.90. The first kappa shape index (κ1) is 17.7. The van der Waals surface area contributed by atoms with Gasteiger partial charge in [-0.05, 0) is 32.7 Å². The normalized spacial score (nSPS) is 28.0. The molecule has 1 amide bonds. The predicted molar refractivity (Wildman–Crippen MR) is 88.7 cm³/mol. The van der Waals surface area contributed by atoms with Gasteiger partial charge in [0.2, 0.25) is 5.91 Å². The number of carbonyl (C=O) groups is 1. The number of piperazine rings is 1. The van der Waals surface area contributed by atoms with Gasteiger partial charge in [-0.1, -0.05) is 13.8 Å². The molecule has 5 nitrogen and oxygen atoms in total. The van der Waals surface area contributed by atoms with Crippen LogP contribution in [0.1, 0.15) is 34.1 Å². The number of aliphatic hydroxyl groups is 1. The van der Waals surface area contributed by atoms with Crippen molar-refractivity contribution < 1.29 is 9.90 Å². The molecule has 2 fully saturated rings. The zero-order valence-electron chi connectivity index (χ0n) is 14.7. The van der Waals surface area contributed by atoms with Crippen LogP contribution in [0.15, 0.2) is 0 Å². The van der Waals surface area contributed by atoms with Gasteiger partial charge >= 0.3 is 0 Å². The fourth-order valence-electron chi connectivity index (χ4n) is 3.69. The summed E-state index contributed by atoms with van der Waals surface area (Å²) >= 11 is 0. The molecule has 2 saturated heterocycles. The van der Waals surface area contributed by atoms with Crippen LogP contribution in [0.4, 0.5) is 0 Å². The molecular weight excluding hydrogens is 278 g/mol. The molecule has 0 aromatic heterocycles. The predicted octanol–water partition coefficient (Wildman–Crippen LogP) is 0.878. The smallest absolute Gasteiger partial charge is 0.227 e. The van der Waals surface area contributed by atoms with E-state index < -0.39 is 0 Å². The molecule has 2 heterocycles. The first-order valence-electron chi connectivity index (χ1n) is 8.80. The minimum Gasteiger partial charge on any atom is -0.395 e. The third-order valence-electron chi connectivity index (χ3n) is 5.03. The summed E-state index contributed by atoms with van der Waals surface area (Å²) in [4.78, 5) is 19.5. The second-order valence-corrected chi connectivity index (χ2v) is 7.58. The topological polar surface area (TPSA) is 47.0 Å². The molecule has 0 bridgehead atoms. The summed E-state index contributed by atoms with van der Waals surface area (Å²) in [5, 5.41) is 9.67. The maximum absolute atomic E-state index is 12.8. The molecule has 22 heavy (non-hydrogen) atoms. The molecule has 2 rings (SSSR count). The van der Waals surface area contributed by atoms with Gasteiger partial charge in [-0.25, -0.2) is 0 Å². The van der Waals surface area contributed by atoms with Crippen molar-refractivity contribution in [1.29, 1.82) is 0 Å². The highest BCUT2D eigenvalue weighted by Crippen LogP contribution is 2.22. The number of carbonyl (C=O) groups excluding carboxylic acids is 1. The second-order valence-electron chi connectivity index (χ2n) is 7.58. The first-order chi connectivity index (χ1) is 10.4. The third kappa shape index (κ3) is 4.21. The van der Waals surface area contributed by atoms with Crippen molar-refractivity contribution in [3.63, 3.8) is 0 Å². The number of amides is 1. The van der Waals surface area contributed by atoms with Gasteiger partial charge in [0.25, 0.3) is 0 Å². The van der Waals surface area contributed by atoms with E-state index >= 15 is 0 Å². The highest BCUT2D eigenvalue weighted by Gasteiger charge is 2.35. The van der Waals surface area contributed by atoms with E-state index in [-0.39, 0.29) is 18.6 Å². The fourth-order valence-corrected chi connectivity index (χ4v) is 3.69. The van der Waals surface area contributed by atoms with E-state index in [0.717, 1.165) is 39.1 Å². The van der Waals surface area contributed by atoms with Crippen LogP contribution in [-0.4, -0.2) is 83.7 Å². The lowest BCUT2D eigenvalue weighted by Crippen LogP contribution is -2.57. The van der Waals surface area contributed by atoms with Crippen LogP contribution in [0.2, 0.25) is 0 Å². The Labute approximate surface area is 135 Å². The lowest BCUT2D eigenvalue weighted by molar-refractivity contribution is -0.138. The van der Waals surface area contributed by atoms with E-state index in [0.29, 0.717) is 24.4 Å². The van der Waals surface area contributed by atoms with Crippen molar-refractivity contribution in [2.45, 2.75) is 46.2 Å². The van der Waals surface area contributed by atoms with Crippen LogP contribution in [-0.2, 0) is 4.79 Å². The van der Waals surface area contributed by atoms with Crippen LogP contribution in [0.25, 0.3) is 0 Å². The van der Waals surface area contributed by atoms with Crippen molar-refractivity contribution in [3.8, 4) is 0 Å². The molecule has 0 aromatic rings. The Bertz CT molecular complexity index is 373. The standard InChI is InChI=1S/C17H33N3O2/c1-13(2)9-19-7-8-20(11-16(19)12-21)17(22)15-5-6-18(10-15)14(3)4/h13-16,21H,5-12H2,1-4H3/t15-,16+/m1/s1. The molecule has 128 valence electrons. The molecule has 5 heteroatoms. The Kier molecular flexibility index (Phi) is 6.24. The minimum absolute atomic E-state index is 0.0997. The largest absolute Gasteiger partial charge is 0.395 e. The lowest BCUT2D eigenvalue weighted by Gasteiger charge is -2.42. The summed E-state index contributed by atoms with van der Waals surface area (Å²) in [6.45, 7) is 14.2. The second kappa shape index (κ2) is 7.75. The van der Waals surface area contributed by atoms with Gasteiger partial charge < -0.3 is 14.9 Å². The Morgan fingerprint density at radius 1 is 1.14 bits per heavy atom. The quantitative estimate of drug-likeness (QED) is 0.819. The SMILES string of the molecule is CC(C)CN1CCN(C(=O)[C@@H]2CCN(C(C)C)C2)C[C@H]1CO. The van der Waals surface area contributed by atoms with E-state index in [4.69, 9.17) is 0 Å². The number of nitrogens with zero attached hydrogens (tertiary/aromatic N) is 3. The van der Waals surface area contributed by atoms with Gasteiger partial charge in [0, 0.05) is 38.8 Å². The zero-order valence-corrected chi connectivity index (χ0v) is 14.7. The van der Waals surface area contributed by atoms with E-state index in [1.807, 2.05) is 4.90 Å². The fraction of sp³-hybridized carbons (Fsp3) is 0.941. The summed E-state index contributed by atoms with van der Waals surface area (Å²) < 4.78 is 0. The van der Waals surface area contributed by atoms with Gasteiger partial charge in [0.15, 0.2) is 0 Å². The number of aliphatic hydroxyl groups excluding tert-OH is 1. The summed E-state index contributed by atoms with van der Waals surface area (Å²) in [6.07, 6.45) is 0.979. The molecule has 0 aromatic carbocycles. The van der Waals surface area contributed by atoms with E-state index in [9.17, 15) is 9.90 Å². The van der Waals surface area contributed by atoms with Gasteiger partial charge in [-0.2, -0.15) is 0 Å². The number of hydrogen-bond donors (Lipinski definition) is 1. The van der Waals surface area contributed by atoms with E-state index in [1.54, 1.807) is 0 Å². The molecule has 2 aliphatic rings. The van der Waals surface area contributed by atoms with Crippen molar-refractivity contribution in [1.82, 2.24) is 14.7 Å². The average molecular weight is 311 g/mol. The molecule has 0 spiro atoms. The van der Waals surface area contributed by atoms with Crippen LogP contribution < -0.4 is 0 Å². The Morgan fingerprint density at radius 3 is 2.41 bits per heavy atom. The molecule has 0 radical (unpaired) electrons. The maximum Gasteiger partial charge on any atom is 0.227 e. The van der Waals surface area contributed by atoms with Crippen molar-refractivity contribution in [2.24, 2.45) is 11.8 Å².